The molecule has 5 heterocycles. The number of aliphatic hydroxyl groups is 1. The van der Waals surface area contributed by atoms with Gasteiger partial charge in [-0.15, -0.1) is 0 Å². The second kappa shape index (κ2) is 10.2. The Hall–Kier alpha value is -3.89. The third kappa shape index (κ3) is 4.77. The lowest BCUT2D eigenvalue weighted by molar-refractivity contribution is -0.0141. The molecule has 192 valence electrons. The molecule has 0 spiro atoms. The average Bonchev–Trinajstić information content (AvgIpc) is 3.73. The van der Waals surface area contributed by atoms with E-state index >= 15 is 0 Å². The van der Waals surface area contributed by atoms with E-state index in [-0.39, 0.29) is 5.91 Å². The van der Waals surface area contributed by atoms with Gasteiger partial charge < -0.3 is 24.6 Å². The van der Waals surface area contributed by atoms with Crippen LogP contribution in [0.15, 0.2) is 65.7 Å². The van der Waals surface area contributed by atoms with Crippen molar-refractivity contribution in [2.75, 3.05) is 56.0 Å². The molecule has 10 nitrogen and oxygen atoms in total. The zero-order valence-corrected chi connectivity index (χ0v) is 20.7. The minimum absolute atomic E-state index is 0.114. The number of piperazine rings is 1. The largest absolute Gasteiger partial charge is 0.459 e. The van der Waals surface area contributed by atoms with Gasteiger partial charge in [-0.3, -0.25) is 19.1 Å². The van der Waals surface area contributed by atoms with Gasteiger partial charge in [0.05, 0.1) is 19.0 Å². The Morgan fingerprint density at radius 1 is 1.05 bits per heavy atom. The lowest BCUT2D eigenvalue weighted by Gasteiger charge is -2.37. The van der Waals surface area contributed by atoms with E-state index in [2.05, 4.69) is 39.5 Å². The van der Waals surface area contributed by atoms with E-state index in [4.69, 9.17) is 9.40 Å². The lowest BCUT2D eigenvalue weighted by Crippen LogP contribution is -2.53. The lowest BCUT2D eigenvalue weighted by atomic mass is 10.1. The summed E-state index contributed by atoms with van der Waals surface area (Å²) >= 11 is 0. The van der Waals surface area contributed by atoms with Crippen LogP contribution in [0.5, 0.6) is 0 Å². The molecule has 10 heteroatoms. The SMILES string of the molecule is O=C(c1ccco1)N1CCN(C(O)CNc2c(-c3ccc(N4CCCC4)cc3)nc3cnccn23)CC1. The van der Waals surface area contributed by atoms with Crippen LogP contribution in [-0.2, 0) is 0 Å². The van der Waals surface area contributed by atoms with E-state index in [0.29, 0.717) is 38.5 Å². The molecule has 2 N–H and O–H groups in total. The van der Waals surface area contributed by atoms with Crippen molar-refractivity contribution in [3.05, 3.63) is 67.0 Å². The Morgan fingerprint density at radius 3 is 2.57 bits per heavy atom. The van der Waals surface area contributed by atoms with Gasteiger partial charge in [-0.25, -0.2) is 4.98 Å². The Bertz CT molecular complexity index is 1340. The number of nitrogens with zero attached hydrogens (tertiary/aromatic N) is 6. The van der Waals surface area contributed by atoms with Gasteiger partial charge in [0.25, 0.3) is 5.91 Å². The summed E-state index contributed by atoms with van der Waals surface area (Å²) in [5.41, 5.74) is 3.81. The molecule has 2 saturated heterocycles. The van der Waals surface area contributed by atoms with Crippen LogP contribution >= 0.6 is 0 Å². The number of rotatable bonds is 7. The Morgan fingerprint density at radius 2 is 1.84 bits per heavy atom. The molecule has 1 amide bonds. The van der Waals surface area contributed by atoms with Crippen molar-refractivity contribution in [1.82, 2.24) is 24.2 Å². The van der Waals surface area contributed by atoms with Crippen molar-refractivity contribution >= 4 is 23.1 Å². The topological polar surface area (TPSA) is 102 Å². The third-order valence-electron chi connectivity index (χ3n) is 7.25. The molecule has 2 aliphatic rings. The number of imidazole rings is 1. The first-order valence-electron chi connectivity index (χ1n) is 12.8. The Kier molecular flexibility index (Phi) is 6.50. The molecule has 37 heavy (non-hydrogen) atoms. The minimum atomic E-state index is -0.710. The smallest absolute Gasteiger partial charge is 0.289 e. The standard InChI is InChI=1S/C27H31N7O3/c35-24(32-13-15-33(16-14-32)27(36)22-4-3-17-37-22)19-29-26-25(30-23-18-28-9-12-34(23)26)20-5-7-21(8-6-20)31-10-1-2-11-31/h3-9,12,17-18,24,29,35H,1-2,10-11,13-16,19H2. The molecule has 1 atom stereocenters. The van der Waals surface area contributed by atoms with Gasteiger partial charge in [0, 0.05) is 62.9 Å². The normalized spacial score (nSPS) is 17.4. The van der Waals surface area contributed by atoms with E-state index in [1.807, 2.05) is 15.5 Å². The summed E-state index contributed by atoms with van der Waals surface area (Å²) in [6.07, 6.45) is 8.62. The molecule has 0 radical (unpaired) electrons. The highest BCUT2D eigenvalue weighted by atomic mass is 16.3. The summed E-state index contributed by atoms with van der Waals surface area (Å²) in [6.45, 7) is 4.76. The van der Waals surface area contributed by atoms with Crippen molar-refractivity contribution in [3.63, 3.8) is 0 Å². The third-order valence-corrected chi connectivity index (χ3v) is 7.25. The van der Waals surface area contributed by atoms with E-state index in [0.717, 1.165) is 35.8 Å². The number of fused-ring (bicyclic) bond motifs is 1. The fourth-order valence-corrected chi connectivity index (χ4v) is 5.18. The molecule has 0 saturated carbocycles. The van der Waals surface area contributed by atoms with Crippen LogP contribution in [0.4, 0.5) is 11.5 Å². The van der Waals surface area contributed by atoms with Gasteiger partial charge >= 0.3 is 0 Å². The zero-order valence-electron chi connectivity index (χ0n) is 20.7. The van der Waals surface area contributed by atoms with Gasteiger partial charge in [-0.2, -0.15) is 0 Å². The number of hydrogen-bond donors (Lipinski definition) is 2. The van der Waals surface area contributed by atoms with E-state index in [9.17, 15) is 9.90 Å². The van der Waals surface area contributed by atoms with Gasteiger partial charge in [-0.05, 0) is 37.1 Å². The van der Waals surface area contributed by atoms with Crippen molar-refractivity contribution in [3.8, 4) is 11.3 Å². The zero-order chi connectivity index (χ0) is 25.2. The summed E-state index contributed by atoms with van der Waals surface area (Å²) in [7, 11) is 0. The van der Waals surface area contributed by atoms with Crippen LogP contribution < -0.4 is 10.2 Å². The van der Waals surface area contributed by atoms with Crippen LogP contribution in [0, 0.1) is 0 Å². The summed E-state index contributed by atoms with van der Waals surface area (Å²) < 4.78 is 7.20. The molecule has 2 aliphatic heterocycles. The molecule has 1 aromatic carbocycles. The highest BCUT2D eigenvalue weighted by Crippen LogP contribution is 2.31. The van der Waals surface area contributed by atoms with Crippen LogP contribution in [0.3, 0.4) is 0 Å². The summed E-state index contributed by atoms with van der Waals surface area (Å²) in [5.74, 6) is 1.05. The van der Waals surface area contributed by atoms with Crippen LogP contribution in [0.25, 0.3) is 16.9 Å². The number of hydrogen-bond acceptors (Lipinski definition) is 8. The van der Waals surface area contributed by atoms with Crippen molar-refractivity contribution in [2.45, 2.75) is 19.1 Å². The van der Waals surface area contributed by atoms with E-state index < -0.39 is 6.23 Å². The molecular formula is C27H31N7O3. The van der Waals surface area contributed by atoms with Crippen LogP contribution in [0.2, 0.25) is 0 Å². The maximum atomic E-state index is 12.5. The number of nitrogens with one attached hydrogen (secondary N) is 1. The highest BCUT2D eigenvalue weighted by molar-refractivity contribution is 5.91. The van der Waals surface area contributed by atoms with Gasteiger partial charge in [0.2, 0.25) is 0 Å². The molecule has 3 aromatic heterocycles. The van der Waals surface area contributed by atoms with Gasteiger partial charge in [-0.1, -0.05) is 12.1 Å². The molecule has 6 rings (SSSR count). The maximum absolute atomic E-state index is 12.5. The van der Waals surface area contributed by atoms with Gasteiger partial charge in [0.1, 0.15) is 17.7 Å². The quantitative estimate of drug-likeness (QED) is 0.399. The molecule has 4 aromatic rings. The number of amides is 1. The molecular weight excluding hydrogens is 470 g/mol. The minimum Gasteiger partial charge on any atom is -0.459 e. The predicted molar refractivity (Wildman–Crippen MR) is 141 cm³/mol. The second-order valence-electron chi connectivity index (χ2n) is 9.52. The fourth-order valence-electron chi connectivity index (χ4n) is 5.18. The highest BCUT2D eigenvalue weighted by Gasteiger charge is 2.27. The number of aromatic nitrogens is 3. The first-order valence-corrected chi connectivity index (χ1v) is 12.8. The fraction of sp³-hybridized carbons (Fsp3) is 0.370. The van der Waals surface area contributed by atoms with Crippen molar-refractivity contribution < 1.29 is 14.3 Å². The monoisotopic (exact) mass is 501 g/mol. The maximum Gasteiger partial charge on any atom is 0.289 e. The molecule has 1 unspecified atom stereocenters. The molecule has 0 aliphatic carbocycles. The first kappa shape index (κ1) is 23.5. The first-order chi connectivity index (χ1) is 18.2. The summed E-state index contributed by atoms with van der Waals surface area (Å²) in [5, 5.41) is 14.4. The second-order valence-corrected chi connectivity index (χ2v) is 9.52. The Labute approximate surface area is 215 Å². The molecule has 0 bridgehead atoms. The molecule has 2 fully saturated rings. The van der Waals surface area contributed by atoms with Gasteiger partial charge in [0.15, 0.2) is 11.4 Å². The number of anilines is 2. The Balaban J connectivity index is 1.14. The van der Waals surface area contributed by atoms with E-state index in [1.54, 1.807) is 29.4 Å². The summed E-state index contributed by atoms with van der Waals surface area (Å²) in [4.78, 5) is 27.7. The number of carbonyl (C=O) groups is 1. The summed E-state index contributed by atoms with van der Waals surface area (Å²) in [6, 6.07) is 11.9. The van der Waals surface area contributed by atoms with E-state index in [1.165, 1.54) is 24.8 Å². The number of carbonyl (C=O) groups excluding carboxylic acids is 1. The predicted octanol–water partition coefficient (Wildman–Crippen LogP) is 2.78. The van der Waals surface area contributed by atoms with Crippen LogP contribution in [-0.4, -0.2) is 87.2 Å². The number of aliphatic hydroxyl groups excluding tert-OH is 1. The van der Waals surface area contributed by atoms with Crippen molar-refractivity contribution in [2.24, 2.45) is 0 Å². The number of furan rings is 1. The average molecular weight is 502 g/mol. The van der Waals surface area contributed by atoms with Crippen molar-refractivity contribution in [1.29, 1.82) is 0 Å². The number of benzene rings is 1. The van der Waals surface area contributed by atoms with Crippen LogP contribution in [0.1, 0.15) is 23.4 Å².